The van der Waals surface area contributed by atoms with Crippen LogP contribution in [0.4, 0.5) is 0 Å². The summed E-state index contributed by atoms with van der Waals surface area (Å²) in [4.78, 5) is 14.5. The van der Waals surface area contributed by atoms with Crippen LogP contribution in [-0.2, 0) is 16.1 Å². The van der Waals surface area contributed by atoms with Crippen molar-refractivity contribution in [2.24, 2.45) is 0 Å². The van der Waals surface area contributed by atoms with Crippen molar-refractivity contribution in [2.45, 2.75) is 25.5 Å². The zero-order valence-corrected chi connectivity index (χ0v) is 17.9. The van der Waals surface area contributed by atoms with Crippen molar-refractivity contribution in [1.82, 2.24) is 10.2 Å². The number of hydrogen-bond donors (Lipinski definition) is 1. The lowest BCUT2D eigenvalue weighted by Crippen LogP contribution is -2.47. The first-order valence-corrected chi connectivity index (χ1v) is 10.5. The fraction of sp³-hybridized carbons (Fsp3) is 0.417. The molecule has 1 N–H and O–H groups in total. The lowest BCUT2D eigenvalue weighted by Gasteiger charge is -2.33. The van der Waals surface area contributed by atoms with Gasteiger partial charge in [0.2, 0.25) is 5.91 Å². The number of nitriles is 1. The van der Waals surface area contributed by atoms with E-state index in [9.17, 15) is 4.79 Å². The number of rotatable bonds is 10. The van der Waals surface area contributed by atoms with Gasteiger partial charge >= 0.3 is 0 Å². The number of amides is 1. The van der Waals surface area contributed by atoms with E-state index in [1.54, 1.807) is 18.2 Å². The number of methoxy groups -OCH3 is 1. The van der Waals surface area contributed by atoms with Crippen LogP contribution in [0.1, 0.15) is 24.0 Å². The zero-order chi connectivity index (χ0) is 21.9. The van der Waals surface area contributed by atoms with Crippen molar-refractivity contribution in [2.75, 3.05) is 40.0 Å². The van der Waals surface area contributed by atoms with E-state index >= 15 is 0 Å². The molecule has 164 valence electrons. The third kappa shape index (κ3) is 7.28. The quantitative estimate of drug-likeness (QED) is 0.592. The summed E-state index contributed by atoms with van der Waals surface area (Å²) in [6.45, 7) is 4.17. The Morgan fingerprint density at radius 3 is 2.87 bits per heavy atom. The summed E-state index contributed by atoms with van der Waals surface area (Å²) in [7, 11) is 1.53. The molecule has 0 aromatic heterocycles. The number of benzene rings is 2. The molecule has 1 aliphatic heterocycles. The number of hydrogen-bond acceptors (Lipinski definition) is 6. The van der Waals surface area contributed by atoms with Crippen LogP contribution in [0.3, 0.4) is 0 Å². The number of ether oxygens (including phenoxy) is 3. The molecular weight excluding hydrogens is 394 g/mol. The van der Waals surface area contributed by atoms with Gasteiger partial charge in [0.15, 0.2) is 11.5 Å². The summed E-state index contributed by atoms with van der Waals surface area (Å²) in [6.07, 6.45) is 0.959. The van der Waals surface area contributed by atoms with Crippen molar-refractivity contribution in [3.63, 3.8) is 0 Å². The Kier molecular flexibility index (Phi) is 8.71. The molecule has 31 heavy (non-hydrogen) atoms. The van der Waals surface area contributed by atoms with Crippen molar-refractivity contribution in [3.05, 3.63) is 59.7 Å². The second kappa shape index (κ2) is 11.9. The molecule has 2 aromatic rings. The van der Waals surface area contributed by atoms with Gasteiger partial charge in [0, 0.05) is 38.7 Å². The van der Waals surface area contributed by atoms with Crippen LogP contribution in [-0.4, -0.2) is 56.9 Å². The maximum Gasteiger partial charge on any atom is 0.220 e. The predicted molar refractivity (Wildman–Crippen MR) is 117 cm³/mol. The lowest BCUT2D eigenvalue weighted by molar-refractivity contribution is -0.122. The van der Waals surface area contributed by atoms with Crippen LogP contribution >= 0.6 is 0 Å². The molecule has 1 amide bonds. The average molecular weight is 424 g/mol. The van der Waals surface area contributed by atoms with Crippen LogP contribution in [0.25, 0.3) is 0 Å². The monoisotopic (exact) mass is 423 g/mol. The highest BCUT2D eigenvalue weighted by atomic mass is 16.5. The molecule has 0 bridgehead atoms. The highest BCUT2D eigenvalue weighted by Gasteiger charge is 2.21. The number of carbonyl (C=O) groups is 1. The molecule has 0 radical (unpaired) electrons. The van der Waals surface area contributed by atoms with Gasteiger partial charge in [-0.3, -0.25) is 9.69 Å². The fourth-order valence-electron chi connectivity index (χ4n) is 3.48. The summed E-state index contributed by atoms with van der Waals surface area (Å²) in [6, 6.07) is 17.5. The van der Waals surface area contributed by atoms with Crippen LogP contribution in [0.5, 0.6) is 11.5 Å². The summed E-state index contributed by atoms with van der Waals surface area (Å²) in [5.41, 5.74) is 1.79. The van der Waals surface area contributed by atoms with Gasteiger partial charge in [0.25, 0.3) is 0 Å². The fourth-order valence-corrected chi connectivity index (χ4v) is 3.48. The first kappa shape index (κ1) is 22.6. The normalized spacial score (nSPS) is 16.3. The summed E-state index contributed by atoms with van der Waals surface area (Å²) in [5, 5.41) is 11.9. The van der Waals surface area contributed by atoms with Crippen molar-refractivity contribution < 1.29 is 19.0 Å². The highest BCUT2D eigenvalue weighted by molar-refractivity contribution is 5.75. The molecule has 0 aliphatic carbocycles. The summed E-state index contributed by atoms with van der Waals surface area (Å²) >= 11 is 0. The molecule has 0 spiro atoms. The van der Waals surface area contributed by atoms with E-state index < -0.39 is 0 Å². The third-order valence-corrected chi connectivity index (χ3v) is 5.10. The minimum Gasteiger partial charge on any atom is -0.493 e. The largest absolute Gasteiger partial charge is 0.493 e. The minimum atomic E-state index is -0.0147. The Labute approximate surface area is 183 Å². The van der Waals surface area contributed by atoms with E-state index in [0.717, 1.165) is 19.6 Å². The molecule has 7 heteroatoms. The molecular formula is C24H29N3O4. The molecule has 1 aliphatic rings. The maximum atomic E-state index is 12.2. The first-order chi connectivity index (χ1) is 15.2. The van der Waals surface area contributed by atoms with Crippen molar-refractivity contribution in [3.8, 4) is 17.6 Å². The topological polar surface area (TPSA) is 83.8 Å². The van der Waals surface area contributed by atoms with Gasteiger partial charge in [-0.05, 0) is 24.1 Å². The number of morpholine rings is 1. The molecule has 1 fully saturated rings. The van der Waals surface area contributed by atoms with E-state index in [-0.39, 0.29) is 12.0 Å². The number of nitrogens with one attached hydrogen (secondary N) is 1. The smallest absolute Gasteiger partial charge is 0.220 e. The van der Waals surface area contributed by atoms with Gasteiger partial charge < -0.3 is 19.5 Å². The van der Waals surface area contributed by atoms with E-state index in [2.05, 4.69) is 40.6 Å². The molecule has 0 saturated carbocycles. The molecule has 1 atom stereocenters. The Balaban J connectivity index is 1.33. The van der Waals surface area contributed by atoms with Gasteiger partial charge in [-0.1, -0.05) is 30.3 Å². The minimum absolute atomic E-state index is 0.000530. The summed E-state index contributed by atoms with van der Waals surface area (Å²) in [5.74, 6) is 1.06. The second-order valence-corrected chi connectivity index (χ2v) is 7.45. The molecule has 7 nitrogen and oxygen atoms in total. The van der Waals surface area contributed by atoms with Crippen molar-refractivity contribution >= 4 is 5.91 Å². The van der Waals surface area contributed by atoms with E-state index in [1.807, 2.05) is 6.07 Å². The van der Waals surface area contributed by atoms with Crippen LogP contribution in [0, 0.1) is 11.3 Å². The van der Waals surface area contributed by atoms with Gasteiger partial charge in [-0.25, -0.2) is 0 Å². The summed E-state index contributed by atoms with van der Waals surface area (Å²) < 4.78 is 16.7. The van der Waals surface area contributed by atoms with Gasteiger partial charge in [0.05, 0.1) is 38.1 Å². The third-order valence-electron chi connectivity index (χ3n) is 5.10. The molecule has 1 unspecified atom stereocenters. The Hall–Kier alpha value is -3.08. The predicted octanol–water partition coefficient (Wildman–Crippen LogP) is 2.74. The Bertz CT molecular complexity index is 882. The Morgan fingerprint density at radius 2 is 2.10 bits per heavy atom. The first-order valence-electron chi connectivity index (χ1n) is 10.5. The Morgan fingerprint density at radius 1 is 1.26 bits per heavy atom. The molecule has 1 saturated heterocycles. The maximum absolute atomic E-state index is 12.2. The SMILES string of the molecule is COc1cc(C#N)ccc1OCCCC(=O)NCC1CN(Cc2ccccc2)CCO1. The van der Waals surface area contributed by atoms with Crippen molar-refractivity contribution in [1.29, 1.82) is 5.26 Å². The molecule has 2 aromatic carbocycles. The van der Waals surface area contributed by atoms with Crippen LogP contribution in [0.2, 0.25) is 0 Å². The van der Waals surface area contributed by atoms with Crippen LogP contribution < -0.4 is 14.8 Å². The number of nitrogens with zero attached hydrogens (tertiary/aromatic N) is 2. The van der Waals surface area contributed by atoms with Gasteiger partial charge in [0.1, 0.15) is 0 Å². The second-order valence-electron chi connectivity index (χ2n) is 7.45. The molecule has 3 rings (SSSR count). The standard InChI is InChI=1S/C24H29N3O4/c1-29-23-14-20(15-25)9-10-22(23)31-12-5-8-24(28)26-16-21-18-27(11-13-30-21)17-19-6-3-2-4-7-19/h2-4,6-7,9-10,14,21H,5,8,11-13,16-18H2,1H3,(H,26,28). The van der Waals surface area contributed by atoms with Crippen LogP contribution in [0.15, 0.2) is 48.5 Å². The van der Waals surface area contributed by atoms with E-state index in [4.69, 9.17) is 19.5 Å². The molecule has 1 heterocycles. The zero-order valence-electron chi connectivity index (χ0n) is 17.9. The van der Waals surface area contributed by atoms with E-state index in [0.29, 0.717) is 49.7 Å². The average Bonchev–Trinajstić information content (AvgIpc) is 2.81. The van der Waals surface area contributed by atoms with Gasteiger partial charge in [-0.2, -0.15) is 5.26 Å². The van der Waals surface area contributed by atoms with E-state index in [1.165, 1.54) is 12.7 Å². The van der Waals surface area contributed by atoms with Gasteiger partial charge in [-0.15, -0.1) is 0 Å². The number of carbonyl (C=O) groups excluding carboxylic acids is 1. The lowest BCUT2D eigenvalue weighted by atomic mass is 10.2. The highest BCUT2D eigenvalue weighted by Crippen LogP contribution is 2.27.